The van der Waals surface area contributed by atoms with Gasteiger partial charge >= 0.3 is 0 Å². The highest BCUT2D eigenvalue weighted by atomic mass is 16.5. The van der Waals surface area contributed by atoms with E-state index in [0.717, 1.165) is 43.2 Å². The summed E-state index contributed by atoms with van der Waals surface area (Å²) in [6, 6.07) is 6.58. The van der Waals surface area contributed by atoms with Crippen LogP contribution in [0.1, 0.15) is 25.8 Å². The zero-order valence-corrected chi connectivity index (χ0v) is 11.1. The van der Waals surface area contributed by atoms with E-state index in [1.54, 1.807) is 0 Å². The molecule has 0 aromatic heterocycles. The van der Waals surface area contributed by atoms with Crippen LogP contribution < -0.4 is 14.8 Å². The first-order valence-electron chi connectivity index (χ1n) is 6.55. The minimum Gasteiger partial charge on any atom is -0.490 e. The first-order valence-corrected chi connectivity index (χ1v) is 6.55. The number of nitrogens with one attached hydrogen (secondary N) is 1. The Morgan fingerprint density at radius 2 is 2.00 bits per heavy atom. The highest BCUT2D eigenvalue weighted by molar-refractivity contribution is 5.56. The van der Waals surface area contributed by atoms with Crippen molar-refractivity contribution in [3.8, 4) is 11.5 Å². The van der Waals surface area contributed by atoms with Gasteiger partial charge in [-0.25, -0.2) is 0 Å². The fraction of sp³-hybridized carbons (Fsp3) is 0.467. The average Bonchev–Trinajstić information content (AvgIpc) is 2.59. The lowest BCUT2D eigenvalue weighted by Crippen LogP contribution is -2.22. The van der Waals surface area contributed by atoms with E-state index in [0.29, 0.717) is 6.04 Å². The molecule has 1 aromatic carbocycles. The molecule has 0 fully saturated rings. The Labute approximate surface area is 109 Å². The average molecular weight is 247 g/mol. The third-order valence-corrected chi connectivity index (χ3v) is 2.73. The summed E-state index contributed by atoms with van der Waals surface area (Å²) in [6.45, 7) is 6.63. The third kappa shape index (κ3) is 3.77. The zero-order chi connectivity index (χ0) is 12.8. The second kappa shape index (κ2) is 6.45. The van der Waals surface area contributed by atoms with Gasteiger partial charge in [0.15, 0.2) is 11.5 Å². The fourth-order valence-electron chi connectivity index (χ4n) is 1.78. The van der Waals surface area contributed by atoms with Crippen molar-refractivity contribution in [2.24, 2.45) is 0 Å². The van der Waals surface area contributed by atoms with E-state index >= 15 is 0 Å². The normalized spacial score (nSPS) is 15.1. The molecule has 0 saturated heterocycles. The highest BCUT2D eigenvalue weighted by Crippen LogP contribution is 2.30. The van der Waals surface area contributed by atoms with Gasteiger partial charge in [-0.2, -0.15) is 0 Å². The van der Waals surface area contributed by atoms with Crippen LogP contribution in [0, 0.1) is 0 Å². The van der Waals surface area contributed by atoms with Gasteiger partial charge in [-0.1, -0.05) is 32.1 Å². The molecule has 2 rings (SSSR count). The molecule has 1 aliphatic rings. The van der Waals surface area contributed by atoms with Gasteiger partial charge in [0.25, 0.3) is 0 Å². The maximum absolute atomic E-state index is 5.66. The van der Waals surface area contributed by atoms with Gasteiger partial charge in [-0.15, -0.1) is 0 Å². The maximum Gasteiger partial charge on any atom is 0.161 e. The largest absolute Gasteiger partial charge is 0.490 e. The summed E-state index contributed by atoms with van der Waals surface area (Å²) in [5.74, 6) is 1.71. The van der Waals surface area contributed by atoms with Gasteiger partial charge in [0, 0.05) is 19.0 Å². The first kappa shape index (κ1) is 13.0. The summed E-state index contributed by atoms with van der Waals surface area (Å²) < 4.78 is 11.3. The molecule has 1 aliphatic heterocycles. The lowest BCUT2D eigenvalue weighted by atomic mass is 10.2. The fourth-order valence-corrected chi connectivity index (χ4v) is 1.78. The molecule has 3 nitrogen and oxygen atoms in total. The van der Waals surface area contributed by atoms with Gasteiger partial charge in [-0.05, 0) is 17.7 Å². The molecule has 1 aromatic rings. The van der Waals surface area contributed by atoms with Crippen molar-refractivity contribution >= 4 is 6.08 Å². The van der Waals surface area contributed by atoms with E-state index in [1.807, 2.05) is 12.1 Å². The number of hydrogen-bond acceptors (Lipinski definition) is 3. The van der Waals surface area contributed by atoms with Crippen LogP contribution in [0.25, 0.3) is 6.08 Å². The SMILES string of the molecule is CC(C)NCC=Cc1ccc2c(c1)OCCCO2. The minimum atomic E-state index is 0.512. The molecule has 3 heteroatoms. The van der Waals surface area contributed by atoms with E-state index < -0.39 is 0 Å². The molecule has 1 heterocycles. The lowest BCUT2D eigenvalue weighted by molar-refractivity contribution is 0.297. The summed E-state index contributed by atoms with van der Waals surface area (Å²) in [6.07, 6.45) is 5.17. The molecular weight excluding hydrogens is 226 g/mol. The van der Waals surface area contributed by atoms with Crippen molar-refractivity contribution in [3.63, 3.8) is 0 Å². The minimum absolute atomic E-state index is 0.512. The zero-order valence-electron chi connectivity index (χ0n) is 11.1. The quantitative estimate of drug-likeness (QED) is 0.887. The topological polar surface area (TPSA) is 30.5 Å². The van der Waals surface area contributed by atoms with Gasteiger partial charge in [0.05, 0.1) is 13.2 Å². The maximum atomic E-state index is 5.66. The second-order valence-electron chi connectivity index (χ2n) is 4.72. The molecule has 0 atom stereocenters. The third-order valence-electron chi connectivity index (χ3n) is 2.73. The van der Waals surface area contributed by atoms with Crippen molar-refractivity contribution in [1.82, 2.24) is 5.32 Å². The Bertz CT molecular complexity index is 413. The Morgan fingerprint density at radius 1 is 1.22 bits per heavy atom. The van der Waals surface area contributed by atoms with E-state index in [4.69, 9.17) is 9.47 Å². The number of fused-ring (bicyclic) bond motifs is 1. The van der Waals surface area contributed by atoms with Crippen molar-refractivity contribution in [1.29, 1.82) is 0 Å². The monoisotopic (exact) mass is 247 g/mol. The Morgan fingerprint density at radius 3 is 2.78 bits per heavy atom. The van der Waals surface area contributed by atoms with E-state index in [1.165, 1.54) is 0 Å². The first-order chi connectivity index (χ1) is 8.75. The van der Waals surface area contributed by atoms with Crippen LogP contribution >= 0.6 is 0 Å². The van der Waals surface area contributed by atoms with Gasteiger partial charge in [0.1, 0.15) is 0 Å². The van der Waals surface area contributed by atoms with E-state index in [9.17, 15) is 0 Å². The van der Waals surface area contributed by atoms with Crippen molar-refractivity contribution in [3.05, 3.63) is 29.8 Å². The molecule has 0 saturated carbocycles. The number of rotatable bonds is 4. The molecule has 1 N–H and O–H groups in total. The smallest absolute Gasteiger partial charge is 0.161 e. The lowest BCUT2D eigenvalue weighted by Gasteiger charge is -2.07. The van der Waals surface area contributed by atoms with Gasteiger partial charge < -0.3 is 14.8 Å². The van der Waals surface area contributed by atoms with Crippen molar-refractivity contribution in [2.45, 2.75) is 26.3 Å². The molecular formula is C15H21NO2. The van der Waals surface area contributed by atoms with Crippen LogP contribution in [-0.2, 0) is 0 Å². The van der Waals surface area contributed by atoms with Crippen molar-refractivity contribution in [2.75, 3.05) is 19.8 Å². The van der Waals surface area contributed by atoms with E-state index in [-0.39, 0.29) is 0 Å². The van der Waals surface area contributed by atoms with Crippen LogP contribution in [0.15, 0.2) is 24.3 Å². The standard InChI is InChI=1S/C15H21NO2/c1-12(2)16-8-3-5-13-6-7-14-15(11-13)18-10-4-9-17-14/h3,5-7,11-12,16H,4,8-10H2,1-2H3. The Hall–Kier alpha value is -1.48. The van der Waals surface area contributed by atoms with E-state index in [2.05, 4.69) is 37.4 Å². The molecule has 0 aliphatic carbocycles. The molecule has 0 amide bonds. The van der Waals surface area contributed by atoms with Crippen molar-refractivity contribution < 1.29 is 9.47 Å². The van der Waals surface area contributed by atoms with Crippen LogP contribution in [-0.4, -0.2) is 25.8 Å². The van der Waals surface area contributed by atoms with Gasteiger partial charge in [0.2, 0.25) is 0 Å². The van der Waals surface area contributed by atoms with Crippen LogP contribution in [0.2, 0.25) is 0 Å². The molecule has 0 unspecified atom stereocenters. The van der Waals surface area contributed by atoms with Gasteiger partial charge in [-0.3, -0.25) is 0 Å². The summed E-state index contributed by atoms with van der Waals surface area (Å²) in [4.78, 5) is 0. The number of ether oxygens (including phenoxy) is 2. The predicted molar refractivity (Wildman–Crippen MR) is 74.2 cm³/mol. The summed E-state index contributed by atoms with van der Waals surface area (Å²) >= 11 is 0. The molecule has 18 heavy (non-hydrogen) atoms. The summed E-state index contributed by atoms with van der Waals surface area (Å²) in [5, 5.41) is 3.35. The van der Waals surface area contributed by atoms with Crippen LogP contribution in [0.4, 0.5) is 0 Å². The van der Waals surface area contributed by atoms with Crippen LogP contribution in [0.3, 0.4) is 0 Å². The molecule has 0 radical (unpaired) electrons. The predicted octanol–water partition coefficient (Wildman–Crippen LogP) is 2.86. The highest BCUT2D eigenvalue weighted by Gasteiger charge is 2.09. The molecule has 98 valence electrons. The summed E-state index contributed by atoms with van der Waals surface area (Å²) in [5.41, 5.74) is 1.14. The second-order valence-corrected chi connectivity index (χ2v) is 4.72. The number of hydrogen-bond donors (Lipinski definition) is 1. The number of benzene rings is 1. The summed E-state index contributed by atoms with van der Waals surface area (Å²) in [7, 11) is 0. The Kier molecular flexibility index (Phi) is 4.65. The van der Waals surface area contributed by atoms with Crippen LogP contribution in [0.5, 0.6) is 11.5 Å². The Balaban J connectivity index is 1.99. The molecule has 0 bridgehead atoms. The molecule has 0 spiro atoms.